The van der Waals surface area contributed by atoms with Crippen molar-refractivity contribution in [3.63, 3.8) is 0 Å². The lowest BCUT2D eigenvalue weighted by molar-refractivity contribution is 0.0926. The molecule has 0 spiro atoms. The van der Waals surface area contributed by atoms with Crippen LogP contribution >= 0.6 is 11.3 Å². The van der Waals surface area contributed by atoms with E-state index in [0.29, 0.717) is 18.2 Å². The summed E-state index contributed by atoms with van der Waals surface area (Å²) in [6.07, 6.45) is 2.29. The number of rotatable bonds is 8. The van der Waals surface area contributed by atoms with Gasteiger partial charge in [0, 0.05) is 25.0 Å². The lowest BCUT2D eigenvalue weighted by Crippen LogP contribution is -2.40. The van der Waals surface area contributed by atoms with Crippen LogP contribution in [0.2, 0.25) is 0 Å². The number of carbonyl (C=O) groups is 1. The van der Waals surface area contributed by atoms with Crippen molar-refractivity contribution < 1.29 is 4.79 Å². The first-order chi connectivity index (χ1) is 19.2. The molecule has 1 saturated heterocycles. The van der Waals surface area contributed by atoms with Gasteiger partial charge in [0.1, 0.15) is 10.7 Å². The zero-order valence-electron chi connectivity index (χ0n) is 22.0. The molecule has 196 valence electrons. The van der Waals surface area contributed by atoms with Crippen molar-refractivity contribution in [2.24, 2.45) is 5.92 Å². The summed E-state index contributed by atoms with van der Waals surface area (Å²) >= 11 is 1.56. The van der Waals surface area contributed by atoms with Gasteiger partial charge in [-0.25, -0.2) is 4.98 Å². The largest absolute Gasteiger partial charge is 0.350 e. The van der Waals surface area contributed by atoms with Gasteiger partial charge in [-0.05, 0) is 52.8 Å². The molecule has 4 nitrogen and oxygen atoms in total. The molecule has 1 atom stereocenters. The molecule has 1 aliphatic rings. The first kappa shape index (κ1) is 25.5. The molecule has 5 heteroatoms. The van der Waals surface area contributed by atoms with Crippen molar-refractivity contribution >= 4 is 28.0 Å². The van der Waals surface area contributed by atoms with Crippen molar-refractivity contribution in [2.75, 3.05) is 19.6 Å². The van der Waals surface area contributed by atoms with Gasteiger partial charge in [0.25, 0.3) is 5.91 Å². The normalized spacial score (nSPS) is 16.0. The minimum atomic E-state index is -0.0800. The molecule has 0 radical (unpaired) electrons. The minimum absolute atomic E-state index is 0.0138. The zero-order valence-corrected chi connectivity index (χ0v) is 22.8. The Morgan fingerprint density at radius 2 is 1.59 bits per heavy atom. The number of benzene rings is 4. The van der Waals surface area contributed by atoms with Gasteiger partial charge in [0.2, 0.25) is 0 Å². The molecule has 5 aromatic rings. The zero-order chi connectivity index (χ0) is 26.4. The summed E-state index contributed by atoms with van der Waals surface area (Å²) in [6, 6.07) is 36.0. The Hall–Kier alpha value is -3.80. The number of fused-ring (bicyclic) bond motifs is 1. The molecule has 39 heavy (non-hydrogen) atoms. The Kier molecular flexibility index (Phi) is 7.80. The molecule has 0 saturated carbocycles. The third kappa shape index (κ3) is 5.95. The van der Waals surface area contributed by atoms with Crippen molar-refractivity contribution in [1.82, 2.24) is 15.2 Å². The maximum absolute atomic E-state index is 13.1. The van der Waals surface area contributed by atoms with Crippen LogP contribution in [0.3, 0.4) is 0 Å². The maximum atomic E-state index is 13.1. The fraction of sp³-hybridized carbons (Fsp3) is 0.235. The number of nitrogens with zero attached hydrogens (tertiary/aromatic N) is 2. The van der Waals surface area contributed by atoms with E-state index < -0.39 is 0 Å². The first-order valence-corrected chi connectivity index (χ1v) is 14.6. The van der Waals surface area contributed by atoms with Gasteiger partial charge < -0.3 is 5.32 Å². The third-order valence-corrected chi connectivity index (χ3v) is 8.61. The molecule has 2 heterocycles. The average molecular weight is 532 g/mol. The van der Waals surface area contributed by atoms with Crippen LogP contribution in [0.5, 0.6) is 0 Å². The third-order valence-electron chi connectivity index (χ3n) is 7.70. The summed E-state index contributed by atoms with van der Waals surface area (Å²) < 4.78 is 0. The molecular formula is C34H33N3OS. The Morgan fingerprint density at radius 3 is 2.36 bits per heavy atom. The molecule has 6 rings (SSSR count). The molecule has 4 aromatic carbocycles. The van der Waals surface area contributed by atoms with Crippen molar-refractivity contribution in [1.29, 1.82) is 0 Å². The minimum Gasteiger partial charge on any atom is -0.350 e. The molecule has 0 bridgehead atoms. The first-order valence-electron chi connectivity index (χ1n) is 13.8. The quantitative estimate of drug-likeness (QED) is 0.232. The summed E-state index contributed by atoms with van der Waals surface area (Å²) in [5.74, 6) is 0.376. The van der Waals surface area contributed by atoms with E-state index >= 15 is 0 Å². The Balaban J connectivity index is 1.10. The number of hydrogen-bond donors (Lipinski definition) is 1. The van der Waals surface area contributed by atoms with E-state index in [1.165, 1.54) is 27.5 Å². The summed E-state index contributed by atoms with van der Waals surface area (Å²) in [5.41, 5.74) is 4.24. The Morgan fingerprint density at radius 1 is 0.897 bits per heavy atom. The van der Waals surface area contributed by atoms with Crippen molar-refractivity contribution in [2.45, 2.75) is 25.3 Å². The Labute approximate surface area is 234 Å². The summed E-state index contributed by atoms with van der Waals surface area (Å²) in [4.78, 5) is 20.5. The van der Waals surface area contributed by atoms with E-state index in [9.17, 15) is 4.79 Å². The standard InChI is InChI=1S/C34H33N3OS/c38-33(31-24-39-34(36-31)32(27-13-3-1-4-14-27)28-15-5-2-6-16-28)35-21-25-11-10-20-37(22-25)23-29-18-9-17-26-12-7-8-19-30(26)29/h1-9,12-19,24-25,32H,10-11,20-23H2,(H,35,38)/t25-/m0/s1. The summed E-state index contributed by atoms with van der Waals surface area (Å²) in [6.45, 7) is 3.72. The number of hydrogen-bond acceptors (Lipinski definition) is 4. The molecule has 0 aliphatic carbocycles. The second kappa shape index (κ2) is 11.9. The predicted octanol–water partition coefficient (Wildman–Crippen LogP) is 7.12. The van der Waals surface area contributed by atoms with E-state index in [4.69, 9.17) is 4.98 Å². The number of likely N-dealkylation sites (tertiary alicyclic amines) is 1. The van der Waals surface area contributed by atoms with Crippen molar-refractivity contribution in [3.8, 4) is 0 Å². The van der Waals surface area contributed by atoms with Gasteiger partial charge in [0.05, 0.1) is 5.92 Å². The SMILES string of the molecule is O=C(NC[C@@H]1CCCN(Cc2cccc3ccccc23)C1)c1csc(C(c2ccccc2)c2ccccc2)n1. The Bertz CT molecular complexity index is 1490. The average Bonchev–Trinajstić information content (AvgIpc) is 3.47. The van der Waals surface area contributed by atoms with Crippen LogP contribution in [0.15, 0.2) is 109 Å². The summed E-state index contributed by atoms with van der Waals surface area (Å²) in [7, 11) is 0. The second-order valence-electron chi connectivity index (χ2n) is 10.4. The van der Waals surface area contributed by atoms with E-state index in [2.05, 4.69) is 101 Å². The van der Waals surface area contributed by atoms with Crippen LogP contribution in [0.25, 0.3) is 10.8 Å². The monoisotopic (exact) mass is 531 g/mol. The van der Waals surface area contributed by atoms with Crippen LogP contribution in [0.4, 0.5) is 0 Å². The fourth-order valence-electron chi connectivity index (χ4n) is 5.75. The van der Waals surface area contributed by atoms with E-state index in [1.807, 2.05) is 17.5 Å². The number of thiazole rings is 1. The molecule has 1 amide bonds. The van der Waals surface area contributed by atoms with Crippen LogP contribution < -0.4 is 5.32 Å². The van der Waals surface area contributed by atoms with Crippen molar-refractivity contribution in [3.05, 3.63) is 136 Å². The molecular weight excluding hydrogens is 498 g/mol. The molecule has 1 aromatic heterocycles. The van der Waals surface area contributed by atoms with Gasteiger partial charge in [-0.15, -0.1) is 11.3 Å². The lowest BCUT2D eigenvalue weighted by Gasteiger charge is -2.33. The number of carbonyl (C=O) groups excluding carboxylic acids is 1. The van der Waals surface area contributed by atoms with Crippen LogP contribution in [0.1, 0.15) is 50.9 Å². The van der Waals surface area contributed by atoms with Gasteiger partial charge in [-0.3, -0.25) is 9.69 Å². The number of piperidine rings is 1. The second-order valence-corrected chi connectivity index (χ2v) is 11.3. The van der Waals surface area contributed by atoms with Crippen LogP contribution in [0, 0.1) is 5.92 Å². The van der Waals surface area contributed by atoms with Gasteiger partial charge >= 0.3 is 0 Å². The maximum Gasteiger partial charge on any atom is 0.270 e. The highest BCUT2D eigenvalue weighted by atomic mass is 32.1. The van der Waals surface area contributed by atoms with E-state index in [-0.39, 0.29) is 11.8 Å². The van der Waals surface area contributed by atoms with Gasteiger partial charge in [-0.1, -0.05) is 103 Å². The number of nitrogens with one attached hydrogen (secondary N) is 1. The molecule has 1 N–H and O–H groups in total. The van der Waals surface area contributed by atoms with Gasteiger partial charge in [-0.2, -0.15) is 0 Å². The van der Waals surface area contributed by atoms with Crippen LogP contribution in [-0.4, -0.2) is 35.4 Å². The molecule has 1 fully saturated rings. The smallest absolute Gasteiger partial charge is 0.270 e. The fourth-order valence-corrected chi connectivity index (χ4v) is 6.70. The number of amides is 1. The molecule has 0 unspecified atom stereocenters. The molecule has 1 aliphatic heterocycles. The highest BCUT2D eigenvalue weighted by Crippen LogP contribution is 2.33. The topological polar surface area (TPSA) is 45.2 Å². The summed E-state index contributed by atoms with van der Waals surface area (Å²) in [5, 5.41) is 8.66. The van der Waals surface area contributed by atoms with E-state index in [0.717, 1.165) is 37.5 Å². The highest BCUT2D eigenvalue weighted by molar-refractivity contribution is 7.10. The van der Waals surface area contributed by atoms with E-state index in [1.54, 1.807) is 11.3 Å². The highest BCUT2D eigenvalue weighted by Gasteiger charge is 2.24. The van der Waals surface area contributed by atoms with Gasteiger partial charge in [0.15, 0.2) is 0 Å². The number of aromatic nitrogens is 1. The van der Waals surface area contributed by atoms with Crippen LogP contribution in [-0.2, 0) is 6.54 Å². The predicted molar refractivity (Wildman–Crippen MR) is 160 cm³/mol. The lowest BCUT2D eigenvalue weighted by atomic mass is 9.92.